The van der Waals surface area contributed by atoms with Gasteiger partial charge < -0.3 is 0 Å². The van der Waals surface area contributed by atoms with Crippen molar-refractivity contribution in [1.82, 2.24) is 0 Å². The van der Waals surface area contributed by atoms with Crippen molar-refractivity contribution >= 4 is 11.6 Å². The van der Waals surface area contributed by atoms with Gasteiger partial charge in [0.1, 0.15) is 0 Å². The fourth-order valence-electron chi connectivity index (χ4n) is 2.74. The summed E-state index contributed by atoms with van der Waals surface area (Å²) in [5.74, 6) is 0.467. The van der Waals surface area contributed by atoms with Crippen molar-refractivity contribution < 1.29 is 9.59 Å². The van der Waals surface area contributed by atoms with Crippen LogP contribution in [0.4, 0.5) is 0 Å². The molecule has 2 rings (SSSR count). The van der Waals surface area contributed by atoms with E-state index in [4.69, 9.17) is 0 Å². The van der Waals surface area contributed by atoms with Crippen LogP contribution in [0.15, 0.2) is 22.8 Å². The average molecular weight is 218 g/mol. The van der Waals surface area contributed by atoms with Gasteiger partial charge in [-0.1, -0.05) is 13.0 Å². The van der Waals surface area contributed by atoms with Gasteiger partial charge in [0.05, 0.1) is 0 Å². The molecular formula is C14H18O2. The van der Waals surface area contributed by atoms with Gasteiger partial charge in [-0.3, -0.25) is 9.59 Å². The summed E-state index contributed by atoms with van der Waals surface area (Å²) >= 11 is 0. The number of hydrogen-bond donors (Lipinski definition) is 0. The maximum Gasteiger partial charge on any atom is 0.158 e. The highest BCUT2D eigenvalue weighted by Crippen LogP contribution is 2.45. The normalized spacial score (nSPS) is 31.1. The Labute approximate surface area is 96.4 Å². The summed E-state index contributed by atoms with van der Waals surface area (Å²) in [4.78, 5) is 23.4. The Morgan fingerprint density at radius 1 is 1.06 bits per heavy atom. The molecule has 0 bridgehead atoms. The van der Waals surface area contributed by atoms with Gasteiger partial charge in [0.25, 0.3) is 0 Å². The summed E-state index contributed by atoms with van der Waals surface area (Å²) in [6.07, 6.45) is 4.95. The van der Waals surface area contributed by atoms with Crippen molar-refractivity contribution in [3.05, 3.63) is 22.8 Å². The summed E-state index contributed by atoms with van der Waals surface area (Å²) in [5.41, 5.74) is 2.80. The van der Waals surface area contributed by atoms with E-state index in [0.717, 1.165) is 29.6 Å². The number of carbonyl (C=O) groups excluding carboxylic acids is 2. The highest BCUT2D eigenvalue weighted by molar-refractivity contribution is 6.00. The molecule has 0 N–H and O–H groups in total. The minimum atomic E-state index is 0.0331. The Morgan fingerprint density at radius 3 is 2.25 bits per heavy atom. The molecule has 16 heavy (non-hydrogen) atoms. The van der Waals surface area contributed by atoms with Gasteiger partial charge in [-0.15, -0.1) is 0 Å². The van der Waals surface area contributed by atoms with Crippen LogP contribution in [0.25, 0.3) is 0 Å². The monoisotopic (exact) mass is 218 g/mol. The van der Waals surface area contributed by atoms with Crippen LogP contribution >= 0.6 is 0 Å². The molecule has 2 aliphatic carbocycles. The Balaban J connectivity index is 2.57. The van der Waals surface area contributed by atoms with E-state index in [9.17, 15) is 9.59 Å². The quantitative estimate of drug-likeness (QED) is 0.626. The smallest absolute Gasteiger partial charge is 0.158 e. The van der Waals surface area contributed by atoms with E-state index in [2.05, 4.69) is 6.92 Å². The fraction of sp³-hybridized carbons (Fsp3) is 0.571. The maximum atomic E-state index is 11.7. The molecule has 0 heterocycles. The summed E-state index contributed by atoms with van der Waals surface area (Å²) in [6.45, 7) is 5.93. The molecule has 1 atom stereocenters. The lowest BCUT2D eigenvalue weighted by Crippen LogP contribution is -2.26. The minimum absolute atomic E-state index is 0.0331. The van der Waals surface area contributed by atoms with Crippen LogP contribution in [-0.2, 0) is 9.59 Å². The summed E-state index contributed by atoms with van der Waals surface area (Å²) in [5, 5.41) is 0. The Kier molecular flexibility index (Phi) is 2.61. The third kappa shape index (κ3) is 1.66. The third-order valence-corrected chi connectivity index (χ3v) is 4.08. The molecule has 0 radical (unpaired) electrons. The second-order valence-corrected chi connectivity index (χ2v) is 5.27. The van der Waals surface area contributed by atoms with E-state index in [0.29, 0.717) is 12.8 Å². The lowest BCUT2D eigenvalue weighted by atomic mass is 9.69. The van der Waals surface area contributed by atoms with Crippen molar-refractivity contribution in [3.8, 4) is 0 Å². The molecule has 0 amide bonds. The van der Waals surface area contributed by atoms with Crippen molar-refractivity contribution in [1.29, 1.82) is 0 Å². The number of allylic oxidation sites excluding steroid dienone is 4. The number of fused-ring (bicyclic) bond motifs is 1. The molecule has 0 fully saturated rings. The SMILES string of the molecule is CC1=CC2=C(C)C(=O)CC[C@]2(C)CCC1=O. The van der Waals surface area contributed by atoms with Gasteiger partial charge in [-0.2, -0.15) is 0 Å². The Bertz CT molecular complexity index is 426. The first-order valence-corrected chi connectivity index (χ1v) is 5.90. The lowest BCUT2D eigenvalue weighted by molar-refractivity contribution is -0.116. The van der Waals surface area contributed by atoms with Crippen molar-refractivity contribution in [2.24, 2.45) is 5.41 Å². The van der Waals surface area contributed by atoms with E-state index in [-0.39, 0.29) is 17.0 Å². The Hall–Kier alpha value is -1.18. The molecule has 2 aliphatic rings. The van der Waals surface area contributed by atoms with Crippen LogP contribution in [0.3, 0.4) is 0 Å². The second-order valence-electron chi connectivity index (χ2n) is 5.27. The van der Waals surface area contributed by atoms with E-state index >= 15 is 0 Å². The first-order valence-electron chi connectivity index (χ1n) is 5.90. The van der Waals surface area contributed by atoms with Crippen molar-refractivity contribution in [3.63, 3.8) is 0 Å². The van der Waals surface area contributed by atoms with E-state index in [1.165, 1.54) is 0 Å². The largest absolute Gasteiger partial charge is 0.295 e. The van der Waals surface area contributed by atoms with Gasteiger partial charge in [0, 0.05) is 12.8 Å². The average Bonchev–Trinajstić information content (AvgIpc) is 2.36. The van der Waals surface area contributed by atoms with Gasteiger partial charge in [-0.05, 0) is 48.8 Å². The van der Waals surface area contributed by atoms with E-state index in [1.807, 2.05) is 19.9 Å². The number of Topliss-reactive ketones (excluding diaryl/α,β-unsaturated/α-hetero) is 2. The Morgan fingerprint density at radius 2 is 1.62 bits per heavy atom. The molecule has 2 nitrogen and oxygen atoms in total. The van der Waals surface area contributed by atoms with Gasteiger partial charge in [0.2, 0.25) is 0 Å². The first kappa shape index (κ1) is 11.3. The third-order valence-electron chi connectivity index (χ3n) is 4.08. The zero-order valence-electron chi connectivity index (χ0n) is 10.2. The highest BCUT2D eigenvalue weighted by atomic mass is 16.1. The zero-order valence-corrected chi connectivity index (χ0v) is 10.2. The van der Waals surface area contributed by atoms with Crippen molar-refractivity contribution in [2.75, 3.05) is 0 Å². The van der Waals surface area contributed by atoms with E-state index < -0.39 is 0 Å². The van der Waals surface area contributed by atoms with Crippen LogP contribution in [0.1, 0.15) is 46.5 Å². The van der Waals surface area contributed by atoms with E-state index in [1.54, 1.807) is 0 Å². The predicted molar refractivity (Wildman–Crippen MR) is 63.0 cm³/mol. The second kappa shape index (κ2) is 3.69. The number of rotatable bonds is 0. The van der Waals surface area contributed by atoms with Crippen LogP contribution in [0, 0.1) is 5.41 Å². The number of carbonyl (C=O) groups is 2. The topological polar surface area (TPSA) is 34.1 Å². The molecule has 0 spiro atoms. The molecule has 0 saturated carbocycles. The zero-order chi connectivity index (χ0) is 11.9. The van der Waals surface area contributed by atoms with Crippen molar-refractivity contribution in [2.45, 2.75) is 46.5 Å². The summed E-state index contributed by atoms with van der Waals surface area (Å²) < 4.78 is 0. The molecular weight excluding hydrogens is 200 g/mol. The highest BCUT2D eigenvalue weighted by Gasteiger charge is 2.37. The standard InChI is InChI=1S/C14H18O2/c1-9-8-11-10(2)13(16)5-7-14(11,3)6-4-12(9)15/h8H,4-7H2,1-3H3/t14-/m0/s1. The molecule has 86 valence electrons. The van der Waals surface area contributed by atoms with Gasteiger partial charge in [0.15, 0.2) is 11.6 Å². The molecule has 0 unspecified atom stereocenters. The number of hydrogen-bond acceptors (Lipinski definition) is 2. The minimum Gasteiger partial charge on any atom is -0.295 e. The molecule has 2 heteroatoms. The number of ketones is 2. The molecule has 0 saturated heterocycles. The summed E-state index contributed by atoms with van der Waals surface area (Å²) in [6, 6.07) is 0. The molecule has 0 aromatic carbocycles. The predicted octanol–water partition coefficient (Wildman–Crippen LogP) is 2.98. The first-order chi connectivity index (χ1) is 7.44. The summed E-state index contributed by atoms with van der Waals surface area (Å²) in [7, 11) is 0. The van der Waals surface area contributed by atoms with Gasteiger partial charge >= 0.3 is 0 Å². The van der Waals surface area contributed by atoms with Gasteiger partial charge in [-0.25, -0.2) is 0 Å². The lowest BCUT2D eigenvalue weighted by Gasteiger charge is -2.34. The molecule has 0 aromatic heterocycles. The molecule has 0 aromatic rings. The molecule has 0 aliphatic heterocycles. The van der Waals surface area contributed by atoms with Crippen LogP contribution < -0.4 is 0 Å². The van der Waals surface area contributed by atoms with Crippen LogP contribution in [0.5, 0.6) is 0 Å². The van der Waals surface area contributed by atoms with Crippen LogP contribution in [0.2, 0.25) is 0 Å². The van der Waals surface area contributed by atoms with Crippen LogP contribution in [-0.4, -0.2) is 11.6 Å². The maximum absolute atomic E-state index is 11.7. The fourth-order valence-corrected chi connectivity index (χ4v) is 2.74.